The Kier molecular flexibility index (Phi) is 10.5. The third kappa shape index (κ3) is 6.72. The number of amides is 2. The van der Waals surface area contributed by atoms with E-state index in [1.54, 1.807) is 12.0 Å². The lowest BCUT2D eigenvalue weighted by Gasteiger charge is -2.50. The molecule has 1 aliphatic heterocycles. The van der Waals surface area contributed by atoms with E-state index >= 15 is 4.79 Å². The SMILES string of the molecule is COc1ccc(CCNC(=O)[C@@]2(Cc3ccccc3I)c3ccccc3C(=O)N(Cc3ccccc3Cl)[C@H]2c2ccc(CO)cc2)cc1. The summed E-state index contributed by atoms with van der Waals surface area (Å²) in [6.07, 6.45) is 0.963. The fraction of sp³-hybridized carbons (Fsp3) is 0.200. The van der Waals surface area contributed by atoms with E-state index < -0.39 is 11.5 Å². The maximum absolute atomic E-state index is 15.2. The lowest BCUT2D eigenvalue weighted by molar-refractivity contribution is -0.130. The van der Waals surface area contributed by atoms with Crippen LogP contribution in [0.25, 0.3) is 0 Å². The van der Waals surface area contributed by atoms with Gasteiger partial charge in [-0.05, 0) is 99.1 Å². The number of fused-ring (bicyclic) bond motifs is 1. The molecule has 1 aliphatic rings. The van der Waals surface area contributed by atoms with Crippen LogP contribution in [0.5, 0.6) is 5.75 Å². The highest BCUT2D eigenvalue weighted by Gasteiger charge is 2.56. The van der Waals surface area contributed by atoms with E-state index in [9.17, 15) is 9.90 Å². The Labute approximate surface area is 299 Å². The number of ether oxygens (including phenoxy) is 1. The number of nitrogens with one attached hydrogen (secondary N) is 1. The molecule has 2 atom stereocenters. The number of nitrogens with zero attached hydrogens (tertiary/aromatic N) is 1. The van der Waals surface area contributed by atoms with Gasteiger partial charge in [0.1, 0.15) is 11.2 Å². The van der Waals surface area contributed by atoms with Gasteiger partial charge in [0.15, 0.2) is 0 Å². The topological polar surface area (TPSA) is 78.9 Å². The van der Waals surface area contributed by atoms with E-state index in [0.29, 0.717) is 35.5 Å². The van der Waals surface area contributed by atoms with Gasteiger partial charge in [-0.3, -0.25) is 9.59 Å². The van der Waals surface area contributed by atoms with Gasteiger partial charge in [0.25, 0.3) is 5.91 Å². The molecule has 2 N–H and O–H groups in total. The summed E-state index contributed by atoms with van der Waals surface area (Å²) in [5.41, 5.74) is 4.33. The molecule has 0 fully saturated rings. The van der Waals surface area contributed by atoms with Crippen LogP contribution in [0, 0.1) is 3.57 Å². The summed E-state index contributed by atoms with van der Waals surface area (Å²) in [5, 5.41) is 13.7. The summed E-state index contributed by atoms with van der Waals surface area (Å²) >= 11 is 9.02. The first-order valence-corrected chi connectivity index (χ1v) is 17.3. The molecule has 0 aliphatic carbocycles. The molecular weight excluding hydrogens is 735 g/mol. The van der Waals surface area contributed by atoms with Crippen molar-refractivity contribution in [2.75, 3.05) is 13.7 Å². The summed E-state index contributed by atoms with van der Waals surface area (Å²) in [7, 11) is 1.64. The van der Waals surface area contributed by atoms with Crippen LogP contribution in [-0.2, 0) is 36.2 Å². The minimum atomic E-state index is -1.23. The molecule has 0 saturated heterocycles. The van der Waals surface area contributed by atoms with Gasteiger partial charge in [-0.15, -0.1) is 0 Å². The summed E-state index contributed by atoms with van der Waals surface area (Å²) < 4.78 is 6.35. The van der Waals surface area contributed by atoms with Gasteiger partial charge in [-0.1, -0.05) is 103 Å². The smallest absolute Gasteiger partial charge is 0.255 e. The average molecular weight is 771 g/mol. The van der Waals surface area contributed by atoms with Gasteiger partial charge in [-0.25, -0.2) is 0 Å². The fourth-order valence-corrected chi connectivity index (χ4v) is 7.49. The van der Waals surface area contributed by atoms with Crippen molar-refractivity contribution in [2.45, 2.75) is 37.5 Å². The lowest BCUT2D eigenvalue weighted by atomic mass is 9.63. The predicted octanol–water partition coefficient (Wildman–Crippen LogP) is 7.68. The van der Waals surface area contributed by atoms with E-state index in [4.69, 9.17) is 16.3 Å². The highest BCUT2D eigenvalue weighted by atomic mass is 127. The molecule has 5 aromatic rings. The van der Waals surface area contributed by atoms with Crippen molar-refractivity contribution in [1.82, 2.24) is 10.2 Å². The van der Waals surface area contributed by atoms with Gasteiger partial charge in [0.05, 0.1) is 19.8 Å². The summed E-state index contributed by atoms with van der Waals surface area (Å²) in [4.78, 5) is 31.7. The molecule has 0 aromatic heterocycles. The Hall–Kier alpha value is -4.18. The number of rotatable bonds is 11. The second-order valence-electron chi connectivity index (χ2n) is 12.0. The second-order valence-corrected chi connectivity index (χ2v) is 13.5. The van der Waals surface area contributed by atoms with Crippen LogP contribution in [0.1, 0.15) is 49.8 Å². The van der Waals surface area contributed by atoms with E-state index in [-0.39, 0.29) is 25.0 Å². The van der Waals surface area contributed by atoms with Crippen LogP contribution in [0.4, 0.5) is 0 Å². The van der Waals surface area contributed by atoms with E-state index in [1.165, 1.54) is 0 Å². The molecule has 48 heavy (non-hydrogen) atoms. The first-order chi connectivity index (χ1) is 23.3. The normalized spacial score (nSPS) is 17.1. The van der Waals surface area contributed by atoms with Crippen molar-refractivity contribution in [1.29, 1.82) is 0 Å². The molecule has 5 aromatic carbocycles. The summed E-state index contributed by atoms with van der Waals surface area (Å²) in [6, 6.07) is 37.7. The third-order valence-corrected chi connectivity index (χ3v) is 10.6. The van der Waals surface area contributed by atoms with Gasteiger partial charge in [0.2, 0.25) is 5.91 Å². The lowest BCUT2D eigenvalue weighted by Crippen LogP contribution is -2.59. The van der Waals surface area contributed by atoms with Crippen LogP contribution in [0.3, 0.4) is 0 Å². The van der Waals surface area contributed by atoms with E-state index in [0.717, 1.165) is 37.1 Å². The monoisotopic (exact) mass is 770 g/mol. The molecule has 0 bridgehead atoms. The van der Waals surface area contributed by atoms with E-state index in [2.05, 4.69) is 34.0 Å². The van der Waals surface area contributed by atoms with Crippen molar-refractivity contribution in [3.05, 3.63) is 169 Å². The molecule has 6 nitrogen and oxygen atoms in total. The predicted molar refractivity (Wildman–Crippen MR) is 197 cm³/mol. The van der Waals surface area contributed by atoms with E-state index in [1.807, 2.05) is 115 Å². The molecule has 0 saturated carbocycles. The highest BCUT2D eigenvalue weighted by molar-refractivity contribution is 14.1. The number of carbonyl (C=O) groups excluding carboxylic acids is 2. The summed E-state index contributed by atoms with van der Waals surface area (Å²) in [6.45, 7) is 0.483. The molecule has 0 spiro atoms. The molecule has 8 heteroatoms. The number of methoxy groups -OCH3 is 1. The quantitative estimate of drug-likeness (QED) is 0.135. The Morgan fingerprint density at radius 2 is 1.52 bits per heavy atom. The Balaban J connectivity index is 1.54. The molecular formula is C40H36ClIN2O4. The number of carbonyl (C=O) groups is 2. The Bertz CT molecular complexity index is 1910. The van der Waals surface area contributed by atoms with Gasteiger partial charge in [-0.2, -0.15) is 0 Å². The van der Waals surface area contributed by atoms with Crippen LogP contribution in [0.15, 0.2) is 121 Å². The molecule has 0 radical (unpaired) electrons. The Morgan fingerprint density at radius 1 is 0.875 bits per heavy atom. The van der Waals surface area contributed by atoms with Crippen molar-refractivity contribution in [2.24, 2.45) is 0 Å². The maximum atomic E-state index is 15.2. The first-order valence-electron chi connectivity index (χ1n) is 15.8. The number of hydrogen-bond acceptors (Lipinski definition) is 4. The zero-order valence-corrected chi connectivity index (χ0v) is 29.4. The van der Waals surface area contributed by atoms with Crippen LogP contribution < -0.4 is 10.1 Å². The number of halogens is 2. The molecule has 6 rings (SSSR count). The zero-order chi connectivity index (χ0) is 33.7. The van der Waals surface area contributed by atoms with Crippen LogP contribution >= 0.6 is 34.2 Å². The second kappa shape index (κ2) is 14.9. The fourth-order valence-electron chi connectivity index (χ4n) is 6.72. The van der Waals surface area contributed by atoms with Crippen LogP contribution in [0.2, 0.25) is 5.02 Å². The minimum Gasteiger partial charge on any atom is -0.497 e. The summed E-state index contributed by atoms with van der Waals surface area (Å²) in [5.74, 6) is 0.429. The minimum absolute atomic E-state index is 0.116. The standard InChI is InChI=1S/C40H36ClIN2O4/c1-48-32-20-16-27(17-21-32)22-23-43-39(47)40(24-30-8-3-7-13-36(30)42)34-11-5-4-10-33(34)38(46)44(25-31-9-2-6-12-35(31)41)37(40)29-18-14-28(26-45)15-19-29/h2-21,37,45H,22-26H2,1H3,(H,43,47)/t37-,40-/m0/s1. The Morgan fingerprint density at radius 3 is 2.21 bits per heavy atom. The largest absolute Gasteiger partial charge is 0.497 e. The highest BCUT2D eigenvalue weighted by Crippen LogP contribution is 2.50. The van der Waals surface area contributed by atoms with Gasteiger partial charge < -0.3 is 20.1 Å². The first kappa shape index (κ1) is 33.7. The number of benzene rings is 5. The molecule has 2 amide bonds. The maximum Gasteiger partial charge on any atom is 0.255 e. The van der Waals surface area contributed by atoms with Gasteiger partial charge in [0, 0.05) is 27.2 Å². The molecule has 244 valence electrons. The zero-order valence-electron chi connectivity index (χ0n) is 26.5. The van der Waals surface area contributed by atoms with Crippen molar-refractivity contribution >= 4 is 46.0 Å². The average Bonchev–Trinajstić information content (AvgIpc) is 3.12. The van der Waals surface area contributed by atoms with Crippen LogP contribution in [-0.4, -0.2) is 35.5 Å². The van der Waals surface area contributed by atoms with Gasteiger partial charge >= 0.3 is 0 Å². The number of aliphatic hydroxyl groups is 1. The number of hydrogen-bond donors (Lipinski definition) is 2. The molecule has 0 unspecified atom stereocenters. The molecule has 1 heterocycles. The van der Waals surface area contributed by atoms with Crippen molar-refractivity contribution < 1.29 is 19.4 Å². The number of aliphatic hydroxyl groups excluding tert-OH is 1. The van der Waals surface area contributed by atoms with Crippen molar-refractivity contribution in [3.8, 4) is 5.75 Å². The van der Waals surface area contributed by atoms with Crippen molar-refractivity contribution in [3.63, 3.8) is 0 Å². The third-order valence-electron chi connectivity index (χ3n) is 9.14.